The van der Waals surface area contributed by atoms with E-state index in [-0.39, 0.29) is 0 Å². The first kappa shape index (κ1) is 14.6. The zero-order valence-corrected chi connectivity index (χ0v) is 13.2. The van der Waals surface area contributed by atoms with Crippen molar-refractivity contribution in [3.05, 3.63) is 35.4 Å². The zero-order chi connectivity index (χ0) is 14.8. The number of rotatable bonds is 3. The maximum Gasteiger partial charge on any atom is 0.224 e. The molecule has 0 aromatic heterocycles. The summed E-state index contributed by atoms with van der Waals surface area (Å²) in [5.41, 5.74) is 2.66. The molecule has 2 aliphatic heterocycles. The molecule has 0 unspecified atom stereocenters. The van der Waals surface area contributed by atoms with Crippen LogP contribution in [0.2, 0.25) is 0 Å². The van der Waals surface area contributed by atoms with Crippen molar-refractivity contribution in [3.8, 4) is 0 Å². The van der Waals surface area contributed by atoms with Crippen LogP contribution in [0.25, 0.3) is 0 Å². The molecule has 2 saturated heterocycles. The molecule has 0 spiro atoms. The van der Waals surface area contributed by atoms with Crippen molar-refractivity contribution in [3.63, 3.8) is 0 Å². The van der Waals surface area contributed by atoms with Gasteiger partial charge in [-0.3, -0.25) is 9.69 Å². The summed E-state index contributed by atoms with van der Waals surface area (Å²) in [5.74, 6) is 1.54. The van der Waals surface area contributed by atoms with E-state index in [1.165, 1.54) is 24.0 Å². The lowest BCUT2D eigenvalue weighted by molar-refractivity contribution is -0.129. The predicted octanol–water partition coefficient (Wildman–Crippen LogP) is 3.00. The maximum absolute atomic E-state index is 12.3. The minimum absolute atomic E-state index is 0.321. The average molecular weight is 286 g/mol. The standard InChI is InChI=1S/C18H26N2O/c1-14-7-9-19(10-8-14)13-20-12-16(11-18(20)21)17-6-4-3-5-15(17)2/h3-6,14,16H,7-13H2,1-2H3/t16-/m0/s1. The second kappa shape index (κ2) is 6.18. The first-order valence-electron chi connectivity index (χ1n) is 8.19. The van der Waals surface area contributed by atoms with E-state index in [1.54, 1.807) is 0 Å². The summed E-state index contributed by atoms with van der Waals surface area (Å²) in [6.07, 6.45) is 3.21. The smallest absolute Gasteiger partial charge is 0.224 e. The zero-order valence-electron chi connectivity index (χ0n) is 13.2. The summed E-state index contributed by atoms with van der Waals surface area (Å²) in [7, 11) is 0. The highest BCUT2D eigenvalue weighted by Crippen LogP contribution is 2.30. The van der Waals surface area contributed by atoms with Gasteiger partial charge in [-0.2, -0.15) is 0 Å². The molecule has 3 rings (SSSR count). The number of piperidine rings is 1. The Morgan fingerprint density at radius 1 is 1.19 bits per heavy atom. The van der Waals surface area contributed by atoms with E-state index in [4.69, 9.17) is 0 Å². The van der Waals surface area contributed by atoms with Gasteiger partial charge in [0.15, 0.2) is 0 Å². The van der Waals surface area contributed by atoms with Crippen molar-refractivity contribution in [2.24, 2.45) is 5.92 Å². The molecule has 0 saturated carbocycles. The summed E-state index contributed by atoms with van der Waals surface area (Å²) in [4.78, 5) is 16.8. The fraction of sp³-hybridized carbons (Fsp3) is 0.611. The third-order valence-electron chi connectivity index (χ3n) is 5.09. The number of likely N-dealkylation sites (tertiary alicyclic amines) is 2. The van der Waals surface area contributed by atoms with Crippen LogP contribution in [0.5, 0.6) is 0 Å². The van der Waals surface area contributed by atoms with E-state index < -0.39 is 0 Å². The Balaban J connectivity index is 1.61. The first-order valence-corrected chi connectivity index (χ1v) is 8.19. The Hall–Kier alpha value is -1.35. The Morgan fingerprint density at radius 2 is 1.90 bits per heavy atom. The lowest BCUT2D eigenvalue weighted by atomic mass is 9.94. The quantitative estimate of drug-likeness (QED) is 0.853. The normalized spacial score (nSPS) is 24.8. The van der Waals surface area contributed by atoms with Crippen molar-refractivity contribution < 1.29 is 4.79 Å². The maximum atomic E-state index is 12.3. The lowest BCUT2D eigenvalue weighted by Gasteiger charge is -2.33. The van der Waals surface area contributed by atoms with E-state index in [2.05, 4.69) is 47.9 Å². The van der Waals surface area contributed by atoms with Crippen LogP contribution < -0.4 is 0 Å². The van der Waals surface area contributed by atoms with E-state index >= 15 is 0 Å². The number of nitrogens with zero attached hydrogens (tertiary/aromatic N) is 2. The Labute approximate surface area is 127 Å². The number of aryl methyl sites for hydroxylation is 1. The van der Waals surface area contributed by atoms with Crippen LogP contribution in [0.3, 0.4) is 0 Å². The van der Waals surface area contributed by atoms with Crippen molar-refractivity contribution in [2.75, 3.05) is 26.3 Å². The molecular formula is C18H26N2O. The van der Waals surface area contributed by atoms with Gasteiger partial charge in [0, 0.05) is 32.0 Å². The minimum atomic E-state index is 0.321. The van der Waals surface area contributed by atoms with E-state index in [0.717, 1.165) is 32.2 Å². The van der Waals surface area contributed by atoms with Gasteiger partial charge in [0.1, 0.15) is 0 Å². The van der Waals surface area contributed by atoms with Gasteiger partial charge in [-0.05, 0) is 36.8 Å². The van der Waals surface area contributed by atoms with Crippen LogP contribution in [-0.4, -0.2) is 42.0 Å². The Kier molecular flexibility index (Phi) is 4.29. The second-order valence-corrected chi connectivity index (χ2v) is 6.82. The molecule has 114 valence electrons. The number of carbonyl (C=O) groups is 1. The molecule has 2 fully saturated rings. The largest absolute Gasteiger partial charge is 0.329 e. The Morgan fingerprint density at radius 3 is 2.62 bits per heavy atom. The summed E-state index contributed by atoms with van der Waals surface area (Å²) in [6.45, 7) is 8.46. The number of amides is 1. The Bertz CT molecular complexity index is 506. The molecule has 1 amide bonds. The molecule has 1 aromatic rings. The monoisotopic (exact) mass is 286 g/mol. The van der Waals surface area contributed by atoms with Crippen molar-refractivity contribution in [1.82, 2.24) is 9.80 Å². The van der Waals surface area contributed by atoms with Crippen LogP contribution in [0.4, 0.5) is 0 Å². The summed E-state index contributed by atoms with van der Waals surface area (Å²) >= 11 is 0. The highest BCUT2D eigenvalue weighted by atomic mass is 16.2. The van der Waals surface area contributed by atoms with E-state index in [9.17, 15) is 4.79 Å². The van der Waals surface area contributed by atoms with Crippen molar-refractivity contribution >= 4 is 5.91 Å². The van der Waals surface area contributed by atoms with Gasteiger partial charge >= 0.3 is 0 Å². The second-order valence-electron chi connectivity index (χ2n) is 6.82. The molecule has 1 aromatic carbocycles. The third kappa shape index (κ3) is 3.29. The van der Waals surface area contributed by atoms with Gasteiger partial charge in [-0.25, -0.2) is 0 Å². The summed E-state index contributed by atoms with van der Waals surface area (Å²) < 4.78 is 0. The van der Waals surface area contributed by atoms with Gasteiger partial charge in [0.25, 0.3) is 0 Å². The molecule has 2 heterocycles. The fourth-order valence-electron chi connectivity index (χ4n) is 3.61. The third-order valence-corrected chi connectivity index (χ3v) is 5.09. The molecule has 0 bridgehead atoms. The molecule has 2 aliphatic rings. The number of hydrogen-bond donors (Lipinski definition) is 0. The topological polar surface area (TPSA) is 23.6 Å². The molecule has 0 aliphatic carbocycles. The predicted molar refractivity (Wildman–Crippen MR) is 85.1 cm³/mol. The molecule has 3 heteroatoms. The highest BCUT2D eigenvalue weighted by molar-refractivity contribution is 5.79. The van der Waals surface area contributed by atoms with E-state index in [1.807, 2.05) is 0 Å². The van der Waals surface area contributed by atoms with Gasteiger partial charge in [0.05, 0.1) is 6.67 Å². The van der Waals surface area contributed by atoms with Crippen LogP contribution in [0.1, 0.15) is 43.2 Å². The average Bonchev–Trinajstić information content (AvgIpc) is 2.83. The molecule has 21 heavy (non-hydrogen) atoms. The SMILES string of the molecule is Cc1ccccc1[C@H]1CC(=O)N(CN2CCC(C)CC2)C1. The van der Waals surface area contributed by atoms with Crippen molar-refractivity contribution in [1.29, 1.82) is 0 Å². The van der Waals surface area contributed by atoms with Gasteiger partial charge in [0.2, 0.25) is 5.91 Å². The van der Waals surface area contributed by atoms with Crippen LogP contribution >= 0.6 is 0 Å². The number of carbonyl (C=O) groups excluding carboxylic acids is 1. The first-order chi connectivity index (χ1) is 10.1. The summed E-state index contributed by atoms with van der Waals surface area (Å²) in [6, 6.07) is 8.48. The van der Waals surface area contributed by atoms with Gasteiger partial charge < -0.3 is 4.90 Å². The molecular weight excluding hydrogens is 260 g/mol. The van der Waals surface area contributed by atoms with Crippen molar-refractivity contribution in [2.45, 2.75) is 39.0 Å². The van der Waals surface area contributed by atoms with Crippen LogP contribution in [0, 0.1) is 12.8 Å². The van der Waals surface area contributed by atoms with Crippen LogP contribution in [0.15, 0.2) is 24.3 Å². The summed E-state index contributed by atoms with van der Waals surface area (Å²) in [5, 5.41) is 0. The minimum Gasteiger partial charge on any atom is -0.329 e. The fourth-order valence-corrected chi connectivity index (χ4v) is 3.61. The number of benzene rings is 1. The van der Waals surface area contributed by atoms with Gasteiger partial charge in [-0.1, -0.05) is 31.2 Å². The molecule has 0 N–H and O–H groups in total. The molecule has 1 atom stereocenters. The molecule has 0 radical (unpaired) electrons. The molecule has 3 nitrogen and oxygen atoms in total. The van der Waals surface area contributed by atoms with E-state index in [0.29, 0.717) is 18.2 Å². The number of hydrogen-bond acceptors (Lipinski definition) is 2. The highest BCUT2D eigenvalue weighted by Gasteiger charge is 2.32. The van der Waals surface area contributed by atoms with Gasteiger partial charge in [-0.15, -0.1) is 0 Å². The van der Waals surface area contributed by atoms with Crippen LogP contribution in [-0.2, 0) is 4.79 Å². The lowest BCUT2D eigenvalue weighted by Crippen LogP contribution is -2.42.